The molecule has 0 radical (unpaired) electrons. The van der Waals surface area contributed by atoms with Crippen LogP contribution in [0.4, 0.5) is 5.69 Å². The fourth-order valence-corrected chi connectivity index (χ4v) is 4.76. The van der Waals surface area contributed by atoms with Crippen molar-refractivity contribution in [3.8, 4) is 10.6 Å². The van der Waals surface area contributed by atoms with Crippen molar-refractivity contribution in [2.24, 2.45) is 0 Å². The Bertz CT molecular complexity index is 1210. The molecule has 0 aliphatic rings. The lowest BCUT2D eigenvalue weighted by atomic mass is 10.2. The molecule has 4 aromatic rings. The van der Waals surface area contributed by atoms with Crippen molar-refractivity contribution in [1.82, 2.24) is 10.3 Å². The standard InChI is InChI=1S/C21H13ClIN3OS2/c22-12-9-10-16(14(11-12)20-24-17-7-3-4-8-18(17)29-20)25-21(28)26-19(27)13-5-1-2-6-15(13)23/h1-11H,(H2,25,26,27,28). The molecule has 29 heavy (non-hydrogen) atoms. The first-order valence-corrected chi connectivity index (χ1v) is 11.2. The fraction of sp³-hybridized carbons (Fsp3) is 0. The monoisotopic (exact) mass is 549 g/mol. The van der Waals surface area contributed by atoms with Crippen LogP contribution < -0.4 is 10.6 Å². The van der Waals surface area contributed by atoms with Gasteiger partial charge in [-0.15, -0.1) is 11.3 Å². The summed E-state index contributed by atoms with van der Waals surface area (Å²) in [5.74, 6) is -0.261. The minimum Gasteiger partial charge on any atom is -0.332 e. The number of thiocarbonyl (C=S) groups is 1. The van der Waals surface area contributed by atoms with Crippen molar-refractivity contribution in [2.45, 2.75) is 0 Å². The van der Waals surface area contributed by atoms with E-state index in [1.807, 2.05) is 54.6 Å². The van der Waals surface area contributed by atoms with Crippen molar-refractivity contribution >= 4 is 84.7 Å². The highest BCUT2D eigenvalue weighted by Crippen LogP contribution is 2.36. The summed E-state index contributed by atoms with van der Waals surface area (Å²) in [4.78, 5) is 17.2. The molecule has 4 nitrogen and oxygen atoms in total. The van der Waals surface area contributed by atoms with E-state index < -0.39 is 0 Å². The zero-order valence-corrected chi connectivity index (χ0v) is 19.3. The van der Waals surface area contributed by atoms with Crippen LogP contribution in [0.3, 0.4) is 0 Å². The van der Waals surface area contributed by atoms with Crippen molar-refractivity contribution < 1.29 is 4.79 Å². The van der Waals surface area contributed by atoms with Crippen molar-refractivity contribution in [2.75, 3.05) is 5.32 Å². The number of rotatable bonds is 3. The van der Waals surface area contributed by atoms with E-state index in [1.165, 1.54) is 0 Å². The molecule has 1 aromatic heterocycles. The molecule has 0 spiro atoms. The van der Waals surface area contributed by atoms with Crippen LogP contribution in [0, 0.1) is 3.57 Å². The minimum absolute atomic E-state index is 0.208. The number of nitrogens with one attached hydrogen (secondary N) is 2. The lowest BCUT2D eigenvalue weighted by molar-refractivity contribution is 0.0977. The third kappa shape index (κ3) is 4.58. The average Bonchev–Trinajstić information content (AvgIpc) is 3.13. The zero-order chi connectivity index (χ0) is 20.4. The third-order valence-corrected chi connectivity index (χ3v) is 6.55. The van der Waals surface area contributed by atoms with E-state index in [2.05, 4.69) is 33.2 Å². The van der Waals surface area contributed by atoms with E-state index in [4.69, 9.17) is 28.8 Å². The van der Waals surface area contributed by atoms with Crippen LogP contribution in [-0.4, -0.2) is 16.0 Å². The smallest absolute Gasteiger partial charge is 0.258 e. The predicted octanol–water partition coefficient (Wildman–Crippen LogP) is 6.35. The third-order valence-electron chi connectivity index (χ3n) is 4.10. The normalized spacial score (nSPS) is 10.7. The fourth-order valence-electron chi connectivity index (χ4n) is 2.76. The summed E-state index contributed by atoms with van der Waals surface area (Å²) < 4.78 is 1.94. The summed E-state index contributed by atoms with van der Waals surface area (Å²) in [7, 11) is 0. The molecule has 0 saturated carbocycles. The molecule has 1 amide bonds. The summed E-state index contributed by atoms with van der Waals surface area (Å²) in [5, 5.41) is 7.46. The molecule has 0 aliphatic carbocycles. The molecular weight excluding hydrogens is 537 g/mol. The number of carbonyl (C=O) groups excluding carboxylic acids is 1. The Morgan fingerprint density at radius 3 is 2.62 bits per heavy atom. The molecule has 0 atom stereocenters. The van der Waals surface area contributed by atoms with Gasteiger partial charge in [-0.25, -0.2) is 4.98 Å². The maximum Gasteiger partial charge on any atom is 0.258 e. The van der Waals surface area contributed by atoms with Gasteiger partial charge in [-0.05, 0) is 77.3 Å². The number of anilines is 1. The molecular formula is C21H13ClIN3OS2. The van der Waals surface area contributed by atoms with Crippen molar-refractivity contribution in [3.63, 3.8) is 0 Å². The van der Waals surface area contributed by atoms with Crippen LogP contribution >= 0.6 is 57.7 Å². The van der Waals surface area contributed by atoms with Gasteiger partial charge in [-0.2, -0.15) is 0 Å². The number of hydrogen-bond acceptors (Lipinski definition) is 4. The first-order chi connectivity index (χ1) is 14.0. The topological polar surface area (TPSA) is 54.0 Å². The number of fused-ring (bicyclic) bond motifs is 1. The molecule has 0 unspecified atom stereocenters. The van der Waals surface area contributed by atoms with Crippen LogP contribution in [0.1, 0.15) is 10.4 Å². The van der Waals surface area contributed by atoms with Gasteiger partial charge in [-0.3, -0.25) is 10.1 Å². The number of nitrogens with zero attached hydrogens (tertiary/aromatic N) is 1. The molecule has 3 aromatic carbocycles. The highest BCUT2D eigenvalue weighted by Gasteiger charge is 2.15. The van der Waals surface area contributed by atoms with Crippen LogP contribution in [0.5, 0.6) is 0 Å². The van der Waals surface area contributed by atoms with E-state index in [-0.39, 0.29) is 11.0 Å². The zero-order valence-electron chi connectivity index (χ0n) is 14.8. The Balaban J connectivity index is 1.60. The first kappa shape index (κ1) is 20.2. The number of benzene rings is 3. The van der Waals surface area contributed by atoms with Crippen LogP contribution in [0.15, 0.2) is 66.7 Å². The SMILES string of the molecule is O=C(NC(=S)Nc1ccc(Cl)cc1-c1nc2ccccc2s1)c1ccccc1I. The summed E-state index contributed by atoms with van der Waals surface area (Å²) in [6.45, 7) is 0. The number of carbonyl (C=O) groups is 1. The number of para-hydroxylation sites is 1. The summed E-state index contributed by atoms with van der Waals surface area (Å²) in [6, 6.07) is 20.7. The number of thiazole rings is 1. The van der Waals surface area contributed by atoms with E-state index in [0.29, 0.717) is 10.6 Å². The number of hydrogen-bond donors (Lipinski definition) is 2. The van der Waals surface area contributed by atoms with E-state index in [1.54, 1.807) is 23.5 Å². The maximum atomic E-state index is 12.5. The Morgan fingerprint density at radius 1 is 1.07 bits per heavy atom. The van der Waals surface area contributed by atoms with Crippen LogP contribution in [-0.2, 0) is 0 Å². The molecule has 0 bridgehead atoms. The second kappa shape index (κ2) is 8.74. The Kier molecular flexibility index (Phi) is 6.09. The van der Waals surface area contributed by atoms with E-state index in [9.17, 15) is 4.79 Å². The molecule has 144 valence electrons. The summed E-state index contributed by atoms with van der Waals surface area (Å²) >= 11 is 15.3. The summed E-state index contributed by atoms with van der Waals surface area (Å²) in [5.41, 5.74) is 3.04. The highest BCUT2D eigenvalue weighted by atomic mass is 127. The van der Waals surface area contributed by atoms with Gasteiger partial charge in [0.2, 0.25) is 0 Å². The van der Waals surface area contributed by atoms with Gasteiger partial charge >= 0.3 is 0 Å². The summed E-state index contributed by atoms with van der Waals surface area (Å²) in [6.07, 6.45) is 0. The second-order valence-electron chi connectivity index (χ2n) is 6.06. The Hall–Kier alpha value is -2.07. The predicted molar refractivity (Wildman–Crippen MR) is 133 cm³/mol. The van der Waals surface area contributed by atoms with Gasteiger partial charge in [-0.1, -0.05) is 35.9 Å². The van der Waals surface area contributed by atoms with Crippen LogP contribution in [0.25, 0.3) is 20.8 Å². The highest BCUT2D eigenvalue weighted by molar-refractivity contribution is 14.1. The largest absolute Gasteiger partial charge is 0.332 e. The molecule has 0 saturated heterocycles. The van der Waals surface area contributed by atoms with Gasteiger partial charge < -0.3 is 5.32 Å². The molecule has 1 heterocycles. The molecule has 8 heteroatoms. The van der Waals surface area contributed by atoms with Crippen LogP contribution in [0.2, 0.25) is 5.02 Å². The van der Waals surface area contributed by atoms with Gasteiger partial charge in [0.1, 0.15) is 5.01 Å². The maximum absolute atomic E-state index is 12.5. The van der Waals surface area contributed by atoms with Gasteiger partial charge in [0.05, 0.1) is 21.5 Å². The Labute approximate surface area is 195 Å². The quantitative estimate of drug-likeness (QED) is 0.231. The lowest BCUT2D eigenvalue weighted by Gasteiger charge is -2.13. The van der Waals surface area contributed by atoms with Crippen molar-refractivity contribution in [1.29, 1.82) is 0 Å². The van der Waals surface area contributed by atoms with Gasteiger partial charge in [0.25, 0.3) is 5.91 Å². The Morgan fingerprint density at radius 2 is 1.83 bits per heavy atom. The second-order valence-corrected chi connectivity index (χ2v) is 9.10. The molecule has 4 rings (SSSR count). The number of amides is 1. The molecule has 2 N–H and O–H groups in total. The van der Waals surface area contributed by atoms with E-state index in [0.717, 1.165) is 30.0 Å². The lowest BCUT2D eigenvalue weighted by Crippen LogP contribution is -2.34. The number of halogens is 2. The first-order valence-electron chi connectivity index (χ1n) is 8.53. The van der Waals surface area contributed by atoms with E-state index >= 15 is 0 Å². The van der Waals surface area contributed by atoms with Gasteiger partial charge in [0.15, 0.2) is 5.11 Å². The van der Waals surface area contributed by atoms with Gasteiger partial charge in [0, 0.05) is 14.2 Å². The average molecular weight is 550 g/mol. The molecule has 0 fully saturated rings. The van der Waals surface area contributed by atoms with Crippen molar-refractivity contribution in [3.05, 3.63) is 80.9 Å². The minimum atomic E-state index is -0.261. The molecule has 0 aliphatic heterocycles. The number of aromatic nitrogens is 1.